The summed E-state index contributed by atoms with van der Waals surface area (Å²) in [6.07, 6.45) is 0. The van der Waals surface area contributed by atoms with Crippen LogP contribution in [0.25, 0.3) is 10.2 Å². The molecule has 0 aliphatic rings. The number of sulfonamides is 1. The molecule has 1 heterocycles. The molecule has 0 saturated heterocycles. The fourth-order valence-electron chi connectivity index (χ4n) is 2.31. The van der Waals surface area contributed by atoms with E-state index < -0.39 is 10.0 Å². The molecule has 0 spiro atoms. The molecule has 7 heteroatoms. The summed E-state index contributed by atoms with van der Waals surface area (Å²) < 4.78 is 34.1. The number of thiazole rings is 1. The van der Waals surface area contributed by atoms with Crippen molar-refractivity contribution in [3.8, 4) is 5.75 Å². The van der Waals surface area contributed by atoms with Crippen molar-refractivity contribution in [1.82, 2.24) is 4.98 Å². The Kier molecular flexibility index (Phi) is 3.99. The van der Waals surface area contributed by atoms with Crippen LogP contribution in [0.5, 0.6) is 5.75 Å². The Balaban J connectivity index is 2.01. The highest BCUT2D eigenvalue weighted by Crippen LogP contribution is 2.29. The maximum atomic E-state index is 12.7. The molecule has 0 atom stereocenters. The Bertz CT molecular complexity index is 978. The fourth-order valence-corrected chi connectivity index (χ4v) is 4.42. The summed E-state index contributed by atoms with van der Waals surface area (Å²) in [6.45, 7) is 3.76. The topological polar surface area (TPSA) is 68.3 Å². The first-order chi connectivity index (χ1) is 10.9. The van der Waals surface area contributed by atoms with Crippen molar-refractivity contribution in [3.63, 3.8) is 0 Å². The van der Waals surface area contributed by atoms with E-state index in [-0.39, 0.29) is 4.90 Å². The van der Waals surface area contributed by atoms with Crippen LogP contribution in [-0.2, 0) is 10.0 Å². The second-order valence-corrected chi connectivity index (χ2v) is 8.06. The first-order valence-corrected chi connectivity index (χ1v) is 9.24. The van der Waals surface area contributed by atoms with Gasteiger partial charge in [-0.05, 0) is 49.7 Å². The first kappa shape index (κ1) is 15.8. The third-order valence-electron chi connectivity index (χ3n) is 3.36. The second-order valence-electron chi connectivity index (χ2n) is 5.18. The molecular formula is C16H16N2O3S2. The number of ether oxygens (including phenoxy) is 1. The molecule has 2 aromatic carbocycles. The quantitative estimate of drug-likeness (QED) is 0.780. The number of benzene rings is 2. The number of nitrogens with zero attached hydrogens (tertiary/aromatic N) is 1. The van der Waals surface area contributed by atoms with E-state index in [2.05, 4.69) is 9.71 Å². The van der Waals surface area contributed by atoms with Crippen LogP contribution in [-0.4, -0.2) is 20.5 Å². The SMILES string of the molecule is COc1ccc(C)cc1S(=O)(=O)Nc1ccc2sc(C)nc2c1. The zero-order valence-corrected chi connectivity index (χ0v) is 14.6. The van der Waals surface area contributed by atoms with Crippen molar-refractivity contribution in [2.24, 2.45) is 0 Å². The molecule has 0 bridgehead atoms. The second kappa shape index (κ2) is 5.82. The van der Waals surface area contributed by atoms with Gasteiger partial charge < -0.3 is 4.74 Å². The largest absolute Gasteiger partial charge is 0.495 e. The molecule has 3 aromatic rings. The molecule has 0 amide bonds. The Morgan fingerprint density at radius 3 is 2.65 bits per heavy atom. The van der Waals surface area contributed by atoms with Crippen LogP contribution < -0.4 is 9.46 Å². The Morgan fingerprint density at radius 2 is 1.91 bits per heavy atom. The summed E-state index contributed by atoms with van der Waals surface area (Å²) in [7, 11) is -2.29. The predicted molar refractivity (Wildman–Crippen MR) is 92.9 cm³/mol. The summed E-state index contributed by atoms with van der Waals surface area (Å²) in [4.78, 5) is 4.50. The number of aromatic nitrogens is 1. The van der Waals surface area contributed by atoms with Gasteiger partial charge in [-0.3, -0.25) is 4.72 Å². The number of hydrogen-bond acceptors (Lipinski definition) is 5. The van der Waals surface area contributed by atoms with E-state index in [4.69, 9.17) is 4.74 Å². The molecule has 0 radical (unpaired) electrons. The number of fused-ring (bicyclic) bond motifs is 1. The number of hydrogen-bond donors (Lipinski definition) is 1. The van der Waals surface area contributed by atoms with Crippen LogP contribution in [0.4, 0.5) is 5.69 Å². The number of methoxy groups -OCH3 is 1. The fraction of sp³-hybridized carbons (Fsp3) is 0.188. The van der Waals surface area contributed by atoms with Gasteiger partial charge in [0.05, 0.1) is 28.0 Å². The molecule has 0 unspecified atom stereocenters. The summed E-state index contributed by atoms with van der Waals surface area (Å²) in [5.74, 6) is 0.314. The van der Waals surface area contributed by atoms with Crippen molar-refractivity contribution in [3.05, 3.63) is 47.0 Å². The van der Waals surface area contributed by atoms with E-state index in [1.54, 1.807) is 35.6 Å². The minimum Gasteiger partial charge on any atom is -0.495 e. The lowest BCUT2D eigenvalue weighted by molar-refractivity contribution is 0.402. The van der Waals surface area contributed by atoms with Gasteiger partial charge in [-0.25, -0.2) is 13.4 Å². The summed E-state index contributed by atoms with van der Waals surface area (Å²) in [5.41, 5.74) is 2.10. The lowest BCUT2D eigenvalue weighted by Crippen LogP contribution is -2.14. The Labute approximate surface area is 139 Å². The minimum atomic E-state index is -3.74. The minimum absolute atomic E-state index is 0.120. The highest BCUT2D eigenvalue weighted by atomic mass is 32.2. The van der Waals surface area contributed by atoms with E-state index in [0.29, 0.717) is 11.4 Å². The highest BCUT2D eigenvalue weighted by molar-refractivity contribution is 7.92. The van der Waals surface area contributed by atoms with Gasteiger partial charge in [0.15, 0.2) is 0 Å². The number of aryl methyl sites for hydroxylation is 2. The third-order valence-corrected chi connectivity index (χ3v) is 5.71. The van der Waals surface area contributed by atoms with E-state index in [0.717, 1.165) is 20.8 Å². The maximum Gasteiger partial charge on any atom is 0.265 e. The van der Waals surface area contributed by atoms with Gasteiger partial charge in [-0.15, -0.1) is 11.3 Å². The van der Waals surface area contributed by atoms with E-state index in [1.165, 1.54) is 7.11 Å². The van der Waals surface area contributed by atoms with Crippen molar-refractivity contribution in [2.75, 3.05) is 11.8 Å². The number of rotatable bonds is 4. The highest BCUT2D eigenvalue weighted by Gasteiger charge is 2.20. The normalized spacial score (nSPS) is 11.6. The van der Waals surface area contributed by atoms with E-state index in [1.807, 2.05) is 26.0 Å². The molecule has 1 aromatic heterocycles. The van der Waals surface area contributed by atoms with Gasteiger partial charge in [0.1, 0.15) is 10.6 Å². The maximum absolute atomic E-state index is 12.7. The lowest BCUT2D eigenvalue weighted by atomic mass is 10.2. The summed E-state index contributed by atoms with van der Waals surface area (Å²) >= 11 is 1.57. The van der Waals surface area contributed by atoms with Gasteiger partial charge in [-0.1, -0.05) is 6.07 Å². The molecule has 120 valence electrons. The van der Waals surface area contributed by atoms with E-state index in [9.17, 15) is 8.42 Å². The molecule has 0 fully saturated rings. The monoisotopic (exact) mass is 348 g/mol. The van der Waals surface area contributed by atoms with Gasteiger partial charge in [0.25, 0.3) is 10.0 Å². The average Bonchev–Trinajstić information content (AvgIpc) is 2.86. The molecule has 0 aliphatic carbocycles. The number of nitrogens with one attached hydrogen (secondary N) is 1. The summed E-state index contributed by atoms with van der Waals surface area (Å²) in [6, 6.07) is 10.4. The third kappa shape index (κ3) is 3.16. The smallest absolute Gasteiger partial charge is 0.265 e. The lowest BCUT2D eigenvalue weighted by Gasteiger charge is -2.12. The van der Waals surface area contributed by atoms with Gasteiger partial charge >= 0.3 is 0 Å². The molecule has 5 nitrogen and oxygen atoms in total. The van der Waals surface area contributed by atoms with Crippen LogP contribution in [0.3, 0.4) is 0 Å². The van der Waals surface area contributed by atoms with Gasteiger partial charge in [0, 0.05) is 0 Å². The average molecular weight is 348 g/mol. The van der Waals surface area contributed by atoms with Crippen LogP contribution >= 0.6 is 11.3 Å². The Morgan fingerprint density at radius 1 is 1.13 bits per heavy atom. The standard InChI is InChI=1S/C16H16N2O3S2/c1-10-4-6-14(21-3)16(8-10)23(19,20)18-12-5-7-15-13(9-12)17-11(2)22-15/h4-9,18H,1-3H3. The molecular weight excluding hydrogens is 332 g/mol. The molecule has 0 saturated carbocycles. The molecule has 3 rings (SSSR count). The molecule has 0 aliphatic heterocycles. The Hall–Kier alpha value is -2.12. The van der Waals surface area contributed by atoms with Crippen LogP contribution in [0.2, 0.25) is 0 Å². The zero-order chi connectivity index (χ0) is 16.6. The van der Waals surface area contributed by atoms with Crippen LogP contribution in [0.1, 0.15) is 10.6 Å². The zero-order valence-electron chi connectivity index (χ0n) is 13.0. The number of anilines is 1. The van der Waals surface area contributed by atoms with Gasteiger partial charge in [0.2, 0.25) is 0 Å². The first-order valence-electron chi connectivity index (χ1n) is 6.94. The molecule has 1 N–H and O–H groups in total. The van der Waals surface area contributed by atoms with Crippen LogP contribution in [0.15, 0.2) is 41.3 Å². The van der Waals surface area contributed by atoms with Crippen LogP contribution in [0, 0.1) is 13.8 Å². The van der Waals surface area contributed by atoms with Crippen molar-refractivity contribution < 1.29 is 13.2 Å². The van der Waals surface area contributed by atoms with Crippen molar-refractivity contribution in [1.29, 1.82) is 0 Å². The van der Waals surface area contributed by atoms with Gasteiger partial charge in [-0.2, -0.15) is 0 Å². The van der Waals surface area contributed by atoms with Crippen molar-refractivity contribution in [2.45, 2.75) is 18.7 Å². The van der Waals surface area contributed by atoms with E-state index >= 15 is 0 Å². The molecule has 23 heavy (non-hydrogen) atoms. The summed E-state index contributed by atoms with van der Waals surface area (Å²) in [5, 5.41) is 0.945. The predicted octanol–water partition coefficient (Wildman–Crippen LogP) is 3.72. The van der Waals surface area contributed by atoms with Crippen molar-refractivity contribution >= 4 is 37.3 Å².